The van der Waals surface area contributed by atoms with Crippen molar-refractivity contribution in [1.29, 1.82) is 0 Å². The lowest BCUT2D eigenvalue weighted by Crippen LogP contribution is -1.87. The van der Waals surface area contributed by atoms with Crippen molar-refractivity contribution in [2.45, 2.75) is 5.76 Å². The molecule has 1 aromatic carbocycles. The van der Waals surface area contributed by atoms with E-state index in [4.69, 9.17) is 11.6 Å². The molecule has 0 fully saturated rings. The van der Waals surface area contributed by atoms with Gasteiger partial charge in [0.2, 0.25) is 0 Å². The topological polar surface area (TPSA) is 9.23 Å². The Morgan fingerprint density at radius 1 is 1.25 bits per heavy atom. The lowest BCUT2D eigenvalue weighted by atomic mass is 10.3. The maximum atomic E-state index is 11.6. The molecule has 0 spiro atoms. The third-order valence-electron chi connectivity index (χ3n) is 1.03. The van der Waals surface area contributed by atoms with Crippen molar-refractivity contribution in [3.05, 3.63) is 29.3 Å². The van der Waals surface area contributed by atoms with Crippen molar-refractivity contribution in [2.75, 3.05) is 0 Å². The molecule has 0 N–H and O–H groups in total. The van der Waals surface area contributed by atoms with Gasteiger partial charge in [-0.15, -0.1) is 0 Å². The first-order valence-corrected chi connectivity index (χ1v) is 4.24. The summed E-state index contributed by atoms with van der Waals surface area (Å²) in [6.45, 7) is 0. The SMILES string of the molecule is FC(F)SOc1ccc(Cl)cc1. The summed E-state index contributed by atoms with van der Waals surface area (Å²) in [5.41, 5.74) is 0. The summed E-state index contributed by atoms with van der Waals surface area (Å²) in [4.78, 5) is 0. The van der Waals surface area contributed by atoms with Crippen LogP contribution < -0.4 is 4.18 Å². The van der Waals surface area contributed by atoms with Gasteiger partial charge in [0.1, 0.15) is 17.8 Å². The maximum absolute atomic E-state index is 11.6. The highest BCUT2D eigenvalue weighted by atomic mass is 35.5. The van der Waals surface area contributed by atoms with E-state index in [0.29, 0.717) is 10.8 Å². The predicted octanol–water partition coefficient (Wildman–Crippen LogP) is 3.59. The van der Waals surface area contributed by atoms with Crippen LogP contribution in [0.15, 0.2) is 24.3 Å². The van der Waals surface area contributed by atoms with Gasteiger partial charge in [0, 0.05) is 5.02 Å². The second-order valence-electron chi connectivity index (χ2n) is 1.89. The van der Waals surface area contributed by atoms with Crippen LogP contribution in [0.2, 0.25) is 5.02 Å². The summed E-state index contributed by atoms with van der Waals surface area (Å²) in [5.74, 6) is -2.16. The Labute approximate surface area is 77.9 Å². The van der Waals surface area contributed by atoms with E-state index in [0.717, 1.165) is 0 Å². The number of hydrogen-bond donors (Lipinski definition) is 0. The number of hydrogen-bond acceptors (Lipinski definition) is 2. The molecule has 0 aliphatic carbocycles. The number of halogens is 3. The van der Waals surface area contributed by atoms with Crippen LogP contribution in [-0.2, 0) is 0 Å². The molecule has 0 saturated heterocycles. The van der Waals surface area contributed by atoms with Gasteiger partial charge in [-0.25, -0.2) is 0 Å². The van der Waals surface area contributed by atoms with Gasteiger partial charge < -0.3 is 4.18 Å². The van der Waals surface area contributed by atoms with Crippen molar-refractivity contribution in [1.82, 2.24) is 0 Å². The molecule has 0 radical (unpaired) electrons. The van der Waals surface area contributed by atoms with Gasteiger partial charge in [-0.3, -0.25) is 0 Å². The number of rotatable bonds is 3. The van der Waals surface area contributed by atoms with E-state index in [1.807, 2.05) is 0 Å². The molecule has 0 aliphatic rings. The first-order chi connectivity index (χ1) is 5.68. The van der Waals surface area contributed by atoms with Crippen molar-refractivity contribution in [3.8, 4) is 5.75 Å². The highest BCUT2D eigenvalue weighted by Crippen LogP contribution is 2.22. The molecule has 0 bridgehead atoms. The minimum Gasteiger partial charge on any atom is -0.420 e. The largest absolute Gasteiger partial charge is 0.420 e. The highest BCUT2D eigenvalue weighted by Gasteiger charge is 2.04. The summed E-state index contributed by atoms with van der Waals surface area (Å²) in [7, 11) is 0. The zero-order valence-corrected chi connectivity index (χ0v) is 7.41. The second-order valence-corrected chi connectivity index (χ2v) is 3.05. The van der Waals surface area contributed by atoms with Gasteiger partial charge in [-0.1, -0.05) is 11.6 Å². The molecule has 0 saturated carbocycles. The molecule has 1 aromatic rings. The monoisotopic (exact) mass is 210 g/mol. The maximum Gasteiger partial charge on any atom is 0.319 e. The smallest absolute Gasteiger partial charge is 0.319 e. The van der Waals surface area contributed by atoms with E-state index < -0.39 is 5.76 Å². The Balaban J connectivity index is 2.48. The average Bonchev–Trinajstić information content (AvgIpc) is 2.03. The van der Waals surface area contributed by atoms with Gasteiger partial charge >= 0.3 is 5.76 Å². The molecule has 1 nitrogen and oxygen atoms in total. The summed E-state index contributed by atoms with van der Waals surface area (Å²) in [6.07, 6.45) is 0. The Bertz CT molecular complexity index is 240. The van der Waals surface area contributed by atoms with Crippen LogP contribution in [-0.4, -0.2) is 5.76 Å². The molecule has 66 valence electrons. The van der Waals surface area contributed by atoms with E-state index >= 15 is 0 Å². The van der Waals surface area contributed by atoms with Gasteiger partial charge in [0.05, 0.1) is 0 Å². The fraction of sp³-hybridized carbons (Fsp3) is 0.143. The average molecular weight is 211 g/mol. The molecule has 0 atom stereocenters. The molecule has 0 unspecified atom stereocenters. The molecular weight excluding hydrogens is 206 g/mol. The third kappa shape index (κ3) is 3.28. The Morgan fingerprint density at radius 3 is 2.33 bits per heavy atom. The van der Waals surface area contributed by atoms with Gasteiger partial charge in [-0.2, -0.15) is 8.78 Å². The fourth-order valence-electron chi connectivity index (χ4n) is 0.582. The Kier molecular flexibility index (Phi) is 3.62. The van der Waals surface area contributed by atoms with Crippen LogP contribution in [0, 0.1) is 0 Å². The standard InChI is InChI=1S/C7H5ClF2OS/c8-5-1-3-6(4-2-5)11-12-7(9)10/h1-4,7H. The lowest BCUT2D eigenvalue weighted by Gasteiger charge is -2.01. The number of benzene rings is 1. The quantitative estimate of drug-likeness (QED) is 0.706. The van der Waals surface area contributed by atoms with Crippen LogP contribution in [0.5, 0.6) is 5.75 Å². The van der Waals surface area contributed by atoms with Crippen LogP contribution in [0.25, 0.3) is 0 Å². The molecule has 0 amide bonds. The van der Waals surface area contributed by atoms with Gasteiger partial charge in [0.15, 0.2) is 0 Å². The van der Waals surface area contributed by atoms with Crippen LogP contribution in [0.3, 0.4) is 0 Å². The predicted molar refractivity (Wildman–Crippen MR) is 45.7 cm³/mol. The molecule has 0 aromatic heterocycles. The zero-order chi connectivity index (χ0) is 8.97. The van der Waals surface area contributed by atoms with E-state index in [9.17, 15) is 8.78 Å². The summed E-state index contributed by atoms with van der Waals surface area (Å²) in [6, 6.07) is 6.20. The van der Waals surface area contributed by atoms with E-state index in [2.05, 4.69) is 4.18 Å². The second kappa shape index (κ2) is 4.52. The molecule has 0 heterocycles. The fourth-order valence-corrected chi connectivity index (χ4v) is 1.00. The minimum absolute atomic E-state index is 0.114. The van der Waals surface area contributed by atoms with Crippen molar-refractivity contribution in [3.63, 3.8) is 0 Å². The van der Waals surface area contributed by atoms with Crippen LogP contribution >= 0.6 is 23.6 Å². The highest BCUT2D eigenvalue weighted by molar-refractivity contribution is 7.95. The lowest BCUT2D eigenvalue weighted by molar-refractivity contribution is 0.244. The van der Waals surface area contributed by atoms with Crippen molar-refractivity contribution in [2.24, 2.45) is 0 Å². The zero-order valence-electron chi connectivity index (χ0n) is 5.84. The van der Waals surface area contributed by atoms with Crippen molar-refractivity contribution < 1.29 is 13.0 Å². The Morgan fingerprint density at radius 2 is 1.83 bits per heavy atom. The van der Waals surface area contributed by atoms with E-state index in [1.165, 1.54) is 12.1 Å². The molecule has 5 heteroatoms. The molecule has 1 rings (SSSR count). The molecule has 0 aliphatic heterocycles. The first kappa shape index (κ1) is 9.61. The summed E-state index contributed by atoms with van der Waals surface area (Å²) in [5, 5.41) is 0.546. The van der Waals surface area contributed by atoms with Crippen LogP contribution in [0.4, 0.5) is 8.78 Å². The summed E-state index contributed by atoms with van der Waals surface area (Å²) >= 11 is 5.68. The molecular formula is C7H5ClF2OS. The van der Waals surface area contributed by atoms with E-state index in [-0.39, 0.29) is 12.0 Å². The van der Waals surface area contributed by atoms with Crippen LogP contribution in [0.1, 0.15) is 0 Å². The van der Waals surface area contributed by atoms with Crippen molar-refractivity contribution >= 4 is 23.6 Å². The third-order valence-corrected chi connectivity index (χ3v) is 1.72. The Hall–Kier alpha value is -0.480. The first-order valence-electron chi connectivity index (χ1n) is 3.05. The van der Waals surface area contributed by atoms with E-state index in [1.54, 1.807) is 12.1 Å². The molecule has 12 heavy (non-hydrogen) atoms. The van der Waals surface area contributed by atoms with Gasteiger partial charge in [-0.05, 0) is 24.3 Å². The minimum atomic E-state index is -2.53. The van der Waals surface area contributed by atoms with Gasteiger partial charge in [0.25, 0.3) is 0 Å². The normalized spacial score (nSPS) is 10.3. The number of alkyl halides is 2. The summed E-state index contributed by atoms with van der Waals surface area (Å²) < 4.78 is 27.9.